The highest BCUT2D eigenvalue weighted by atomic mass is 32.2. The minimum absolute atomic E-state index is 0.204. The predicted molar refractivity (Wildman–Crippen MR) is 142 cm³/mol. The molecule has 3 aromatic carbocycles. The van der Waals surface area contributed by atoms with E-state index in [1.807, 2.05) is 18.2 Å². The van der Waals surface area contributed by atoms with Crippen molar-refractivity contribution in [3.63, 3.8) is 0 Å². The van der Waals surface area contributed by atoms with E-state index in [1.54, 1.807) is 66.7 Å². The van der Waals surface area contributed by atoms with Gasteiger partial charge in [-0.2, -0.15) is 5.01 Å². The normalized spacial score (nSPS) is 14.0. The van der Waals surface area contributed by atoms with Gasteiger partial charge < -0.3 is 14.8 Å². The first kappa shape index (κ1) is 25.0. The Morgan fingerprint density at radius 1 is 1.00 bits per heavy atom. The van der Waals surface area contributed by atoms with Crippen molar-refractivity contribution in [2.45, 2.75) is 0 Å². The molecular formula is C26H21N3O5S2. The van der Waals surface area contributed by atoms with Crippen molar-refractivity contribution >= 4 is 57.8 Å². The van der Waals surface area contributed by atoms with Gasteiger partial charge in [0, 0.05) is 11.3 Å². The molecule has 1 aliphatic heterocycles. The number of ether oxygens (including phenoxy) is 2. The minimum Gasteiger partial charge on any atom is -0.493 e. The maximum Gasteiger partial charge on any atom is 0.285 e. The van der Waals surface area contributed by atoms with Gasteiger partial charge in [-0.25, -0.2) is 0 Å². The summed E-state index contributed by atoms with van der Waals surface area (Å²) in [4.78, 5) is 37.8. The lowest BCUT2D eigenvalue weighted by Crippen LogP contribution is -2.44. The lowest BCUT2D eigenvalue weighted by atomic mass is 10.2. The van der Waals surface area contributed by atoms with Gasteiger partial charge in [-0.3, -0.25) is 19.8 Å². The van der Waals surface area contributed by atoms with Gasteiger partial charge in [-0.15, -0.1) is 0 Å². The molecule has 0 radical (unpaired) electrons. The fourth-order valence-electron chi connectivity index (χ4n) is 3.23. The summed E-state index contributed by atoms with van der Waals surface area (Å²) in [5.74, 6) is -0.419. The van der Waals surface area contributed by atoms with E-state index in [1.165, 1.54) is 7.11 Å². The molecule has 0 saturated carbocycles. The predicted octanol–water partition coefficient (Wildman–Crippen LogP) is 4.26. The molecule has 0 aromatic heterocycles. The lowest BCUT2D eigenvalue weighted by molar-refractivity contribution is -0.123. The Kier molecular flexibility index (Phi) is 7.99. The molecule has 0 spiro atoms. The number of anilines is 1. The van der Waals surface area contributed by atoms with Gasteiger partial charge in [0.25, 0.3) is 17.7 Å². The summed E-state index contributed by atoms with van der Waals surface area (Å²) in [7, 11) is 1.48. The molecular weight excluding hydrogens is 498 g/mol. The van der Waals surface area contributed by atoms with E-state index in [9.17, 15) is 14.4 Å². The van der Waals surface area contributed by atoms with Crippen LogP contribution < -0.4 is 20.2 Å². The number of hydrogen-bond acceptors (Lipinski definition) is 7. The molecule has 1 fully saturated rings. The molecule has 3 aromatic rings. The average molecular weight is 520 g/mol. The van der Waals surface area contributed by atoms with Crippen LogP contribution in [-0.2, 0) is 9.59 Å². The molecule has 4 rings (SSSR count). The van der Waals surface area contributed by atoms with Crippen LogP contribution in [0.2, 0.25) is 0 Å². The summed E-state index contributed by atoms with van der Waals surface area (Å²) in [6, 6.07) is 22.7. The summed E-state index contributed by atoms with van der Waals surface area (Å²) in [6.07, 6.45) is 1.64. The number of amides is 3. The van der Waals surface area contributed by atoms with E-state index in [-0.39, 0.29) is 16.8 Å². The van der Waals surface area contributed by atoms with Crippen LogP contribution in [-0.4, -0.2) is 40.8 Å². The smallest absolute Gasteiger partial charge is 0.285 e. The van der Waals surface area contributed by atoms with Gasteiger partial charge in [-0.1, -0.05) is 54.2 Å². The van der Waals surface area contributed by atoms with Crippen LogP contribution in [0.25, 0.3) is 6.08 Å². The van der Waals surface area contributed by atoms with Crippen molar-refractivity contribution in [1.29, 1.82) is 0 Å². The maximum absolute atomic E-state index is 12.9. The topological polar surface area (TPSA) is 97.0 Å². The molecule has 1 saturated heterocycles. The zero-order valence-electron chi connectivity index (χ0n) is 19.1. The second-order valence-corrected chi connectivity index (χ2v) is 9.11. The molecule has 0 atom stereocenters. The first-order valence-electron chi connectivity index (χ1n) is 10.7. The number of thiocarbonyl (C=S) groups is 1. The number of nitrogens with zero attached hydrogens (tertiary/aromatic N) is 1. The van der Waals surface area contributed by atoms with Crippen molar-refractivity contribution in [3.05, 3.63) is 94.9 Å². The number of hydrazine groups is 1. The van der Waals surface area contributed by atoms with E-state index in [0.717, 1.165) is 16.8 Å². The standard InChI is InChI=1S/C26H21N3O5S2/c1-33-21-14-17(12-13-20(21)34-16-23(30)27-19-10-6-3-7-11-19)15-22-25(32)29(26(35)36-22)28-24(31)18-8-4-2-5-9-18/h2-15H,16H2,1H3,(H,27,30)(H,28,31)/b22-15+. The van der Waals surface area contributed by atoms with Crippen LogP contribution in [0.15, 0.2) is 83.8 Å². The summed E-state index contributed by atoms with van der Waals surface area (Å²) in [5.41, 5.74) is 4.28. The SMILES string of the molecule is COc1cc(/C=C2/SC(=S)N(NC(=O)c3ccccc3)C2=O)ccc1OCC(=O)Nc1ccccc1. The number of rotatable bonds is 8. The fraction of sp³-hybridized carbons (Fsp3) is 0.0769. The zero-order valence-corrected chi connectivity index (χ0v) is 20.7. The monoisotopic (exact) mass is 519 g/mol. The van der Waals surface area contributed by atoms with Gasteiger partial charge >= 0.3 is 0 Å². The van der Waals surface area contributed by atoms with Gasteiger partial charge in [-0.05, 0) is 60.3 Å². The van der Waals surface area contributed by atoms with E-state index in [4.69, 9.17) is 21.7 Å². The van der Waals surface area contributed by atoms with Crippen molar-refractivity contribution in [2.24, 2.45) is 0 Å². The number of para-hydroxylation sites is 1. The van der Waals surface area contributed by atoms with Crippen molar-refractivity contribution in [2.75, 3.05) is 19.0 Å². The number of nitrogens with one attached hydrogen (secondary N) is 2. The number of hydrogen-bond donors (Lipinski definition) is 2. The fourth-order valence-corrected chi connectivity index (χ4v) is 4.41. The molecule has 8 nitrogen and oxygen atoms in total. The van der Waals surface area contributed by atoms with Crippen LogP contribution in [0.5, 0.6) is 11.5 Å². The Bertz CT molecular complexity index is 1330. The maximum atomic E-state index is 12.9. The molecule has 36 heavy (non-hydrogen) atoms. The Labute approximate surface area is 217 Å². The number of benzene rings is 3. The Hall–Kier alpha value is -4.15. The molecule has 0 bridgehead atoms. The summed E-state index contributed by atoms with van der Waals surface area (Å²) in [6.45, 7) is -0.204. The highest BCUT2D eigenvalue weighted by molar-refractivity contribution is 8.26. The quantitative estimate of drug-likeness (QED) is 0.339. The zero-order chi connectivity index (χ0) is 25.5. The molecule has 10 heteroatoms. The third-order valence-corrected chi connectivity index (χ3v) is 6.25. The number of methoxy groups -OCH3 is 1. The van der Waals surface area contributed by atoms with Gasteiger partial charge in [0.05, 0.1) is 12.0 Å². The lowest BCUT2D eigenvalue weighted by Gasteiger charge is -2.15. The molecule has 3 amide bonds. The number of carbonyl (C=O) groups is 3. The summed E-state index contributed by atoms with van der Waals surface area (Å²) >= 11 is 6.36. The van der Waals surface area contributed by atoms with Crippen LogP contribution in [0.3, 0.4) is 0 Å². The summed E-state index contributed by atoms with van der Waals surface area (Å²) in [5, 5.41) is 3.80. The van der Waals surface area contributed by atoms with Crippen LogP contribution in [0.1, 0.15) is 15.9 Å². The Morgan fingerprint density at radius 2 is 1.69 bits per heavy atom. The van der Waals surface area contributed by atoms with Gasteiger partial charge in [0.1, 0.15) is 0 Å². The van der Waals surface area contributed by atoms with E-state index < -0.39 is 11.8 Å². The molecule has 1 heterocycles. The molecule has 1 aliphatic rings. The van der Waals surface area contributed by atoms with Crippen LogP contribution >= 0.6 is 24.0 Å². The molecule has 2 N–H and O–H groups in total. The molecule has 0 unspecified atom stereocenters. The van der Waals surface area contributed by atoms with E-state index >= 15 is 0 Å². The number of carbonyl (C=O) groups excluding carboxylic acids is 3. The largest absolute Gasteiger partial charge is 0.493 e. The highest BCUT2D eigenvalue weighted by Crippen LogP contribution is 2.34. The number of thioether (sulfide) groups is 1. The summed E-state index contributed by atoms with van der Waals surface area (Å²) < 4.78 is 11.2. The van der Waals surface area contributed by atoms with Gasteiger partial charge in [0.15, 0.2) is 22.4 Å². The van der Waals surface area contributed by atoms with Crippen LogP contribution in [0.4, 0.5) is 5.69 Å². The van der Waals surface area contributed by atoms with Crippen molar-refractivity contribution in [1.82, 2.24) is 10.4 Å². The van der Waals surface area contributed by atoms with Crippen LogP contribution in [0, 0.1) is 0 Å². The van der Waals surface area contributed by atoms with E-state index in [2.05, 4.69) is 10.7 Å². The third kappa shape index (κ3) is 6.09. The highest BCUT2D eigenvalue weighted by Gasteiger charge is 2.33. The molecule has 182 valence electrons. The second-order valence-electron chi connectivity index (χ2n) is 7.44. The Balaban J connectivity index is 1.41. The van der Waals surface area contributed by atoms with E-state index in [0.29, 0.717) is 33.2 Å². The average Bonchev–Trinajstić information content (AvgIpc) is 3.16. The van der Waals surface area contributed by atoms with Crippen molar-refractivity contribution < 1.29 is 23.9 Å². The molecule has 0 aliphatic carbocycles. The first-order valence-corrected chi connectivity index (χ1v) is 12.0. The minimum atomic E-state index is -0.439. The van der Waals surface area contributed by atoms with Crippen molar-refractivity contribution in [3.8, 4) is 11.5 Å². The first-order chi connectivity index (χ1) is 17.4. The van der Waals surface area contributed by atoms with Gasteiger partial charge in [0.2, 0.25) is 0 Å². The second kappa shape index (κ2) is 11.5. The third-order valence-electron chi connectivity index (χ3n) is 4.94. The Morgan fingerprint density at radius 3 is 2.39 bits per heavy atom.